The monoisotopic (exact) mass is 385 g/mol. The quantitative estimate of drug-likeness (QED) is 0.843. The van der Waals surface area contributed by atoms with E-state index in [0.29, 0.717) is 12.8 Å². The number of aryl methyl sites for hydroxylation is 1. The Labute approximate surface area is 152 Å². The van der Waals surface area contributed by atoms with Crippen molar-refractivity contribution in [3.05, 3.63) is 35.2 Å². The van der Waals surface area contributed by atoms with Crippen LogP contribution in [0.25, 0.3) is 10.1 Å². The Balaban J connectivity index is 1.58. The van der Waals surface area contributed by atoms with Gasteiger partial charge in [0.25, 0.3) is 0 Å². The highest BCUT2D eigenvalue weighted by molar-refractivity contribution is 7.17. The number of benzene rings is 1. The van der Waals surface area contributed by atoms with Gasteiger partial charge in [-0.1, -0.05) is 18.2 Å². The molecule has 1 aliphatic rings. The zero-order valence-electron chi connectivity index (χ0n) is 13.9. The Bertz CT molecular complexity index is 832. The van der Waals surface area contributed by atoms with Crippen LogP contribution in [0.5, 0.6) is 0 Å². The van der Waals surface area contributed by atoms with Gasteiger partial charge in [-0.05, 0) is 41.7 Å². The van der Waals surface area contributed by atoms with Gasteiger partial charge in [-0.15, -0.1) is 11.3 Å². The van der Waals surface area contributed by atoms with Crippen molar-refractivity contribution in [1.82, 2.24) is 4.90 Å². The van der Waals surface area contributed by atoms with Crippen molar-refractivity contribution in [3.63, 3.8) is 0 Å². The lowest BCUT2D eigenvalue weighted by molar-refractivity contribution is -0.227. The average molecular weight is 385 g/mol. The number of carboxylic acid groups (broad SMARTS) is 1. The molecule has 1 aromatic carbocycles. The summed E-state index contributed by atoms with van der Waals surface area (Å²) in [7, 11) is 0. The highest BCUT2D eigenvalue weighted by Gasteiger charge is 2.64. The molecule has 1 aromatic heterocycles. The number of halogens is 3. The van der Waals surface area contributed by atoms with Gasteiger partial charge in [0.1, 0.15) is 0 Å². The fraction of sp³-hybridized carbons (Fsp3) is 0.444. The second-order valence-corrected chi connectivity index (χ2v) is 7.47. The molecule has 1 N–H and O–H groups in total. The number of fused-ring (bicyclic) bond motifs is 1. The third kappa shape index (κ3) is 3.30. The number of carboxylic acids is 1. The number of likely N-dealkylation sites (tertiary alicyclic amines) is 1. The van der Waals surface area contributed by atoms with Gasteiger partial charge in [0.2, 0.25) is 5.91 Å². The van der Waals surface area contributed by atoms with E-state index < -0.39 is 36.4 Å². The molecule has 1 atom stereocenters. The lowest BCUT2D eigenvalue weighted by Crippen LogP contribution is -2.47. The zero-order valence-corrected chi connectivity index (χ0v) is 14.7. The SMILES string of the molecule is O=C(CCCc1csc2ccccc12)N1CCC(C(=O)O)(C(F)(F)F)C1. The number of thiophene rings is 1. The summed E-state index contributed by atoms with van der Waals surface area (Å²) in [6.45, 7) is -0.974. The Hall–Kier alpha value is -2.09. The first-order chi connectivity index (χ1) is 12.2. The molecular formula is C18H18F3NO3S. The van der Waals surface area contributed by atoms with E-state index in [9.17, 15) is 22.8 Å². The molecule has 2 heterocycles. The van der Waals surface area contributed by atoms with Gasteiger partial charge in [-0.25, -0.2) is 0 Å². The van der Waals surface area contributed by atoms with Gasteiger partial charge in [-0.2, -0.15) is 13.2 Å². The van der Waals surface area contributed by atoms with Crippen LogP contribution < -0.4 is 0 Å². The van der Waals surface area contributed by atoms with Crippen LogP contribution in [0.4, 0.5) is 13.2 Å². The lowest BCUT2D eigenvalue weighted by Gasteiger charge is -2.27. The number of rotatable bonds is 5. The maximum atomic E-state index is 13.2. The van der Waals surface area contributed by atoms with Crippen LogP contribution in [0.15, 0.2) is 29.6 Å². The van der Waals surface area contributed by atoms with Crippen molar-refractivity contribution in [1.29, 1.82) is 0 Å². The maximum absolute atomic E-state index is 13.2. The van der Waals surface area contributed by atoms with E-state index in [4.69, 9.17) is 5.11 Å². The highest BCUT2D eigenvalue weighted by Crippen LogP contribution is 2.45. The number of amides is 1. The predicted molar refractivity (Wildman–Crippen MR) is 92.1 cm³/mol. The molecule has 0 spiro atoms. The standard InChI is InChI=1S/C18H18F3NO3S/c19-18(20,21)17(16(24)25)8-9-22(11-17)15(23)7-3-4-12-10-26-14-6-2-1-5-13(12)14/h1-2,5-6,10H,3-4,7-9,11H2,(H,24,25). The van der Waals surface area contributed by atoms with Gasteiger partial charge in [0, 0.05) is 24.2 Å². The third-order valence-electron chi connectivity index (χ3n) is 4.97. The van der Waals surface area contributed by atoms with E-state index in [1.54, 1.807) is 11.3 Å². The summed E-state index contributed by atoms with van der Waals surface area (Å²) in [5, 5.41) is 12.2. The largest absolute Gasteiger partial charge is 0.481 e. The van der Waals surface area contributed by atoms with Crippen LogP contribution >= 0.6 is 11.3 Å². The molecule has 1 amide bonds. The van der Waals surface area contributed by atoms with Crippen molar-refractivity contribution in [2.24, 2.45) is 5.41 Å². The lowest BCUT2D eigenvalue weighted by atomic mass is 9.86. The molecule has 4 nitrogen and oxygen atoms in total. The predicted octanol–water partition coefficient (Wildman–Crippen LogP) is 4.09. The first kappa shape index (κ1) is 18.7. The fourth-order valence-corrected chi connectivity index (χ4v) is 4.36. The molecule has 1 aliphatic heterocycles. The van der Waals surface area contributed by atoms with Crippen molar-refractivity contribution in [3.8, 4) is 0 Å². The van der Waals surface area contributed by atoms with Crippen LogP contribution in [0.2, 0.25) is 0 Å². The summed E-state index contributed by atoms with van der Waals surface area (Å²) >= 11 is 1.62. The van der Waals surface area contributed by atoms with Crippen LogP contribution in [0, 0.1) is 5.41 Å². The minimum Gasteiger partial charge on any atom is -0.481 e. The Morgan fingerprint density at radius 2 is 2.00 bits per heavy atom. The molecule has 0 aliphatic carbocycles. The molecular weight excluding hydrogens is 367 g/mol. The molecule has 3 rings (SSSR count). The van der Waals surface area contributed by atoms with E-state index in [-0.39, 0.29) is 13.0 Å². The minimum absolute atomic E-state index is 0.109. The number of carbonyl (C=O) groups is 2. The molecule has 140 valence electrons. The second kappa shape index (κ2) is 6.90. The number of hydrogen-bond acceptors (Lipinski definition) is 3. The van der Waals surface area contributed by atoms with Crippen molar-refractivity contribution >= 4 is 33.3 Å². The topological polar surface area (TPSA) is 57.6 Å². The van der Waals surface area contributed by atoms with Crippen LogP contribution in [-0.4, -0.2) is 41.1 Å². The van der Waals surface area contributed by atoms with Crippen LogP contribution in [0.3, 0.4) is 0 Å². The summed E-state index contributed by atoms with van der Waals surface area (Å²) in [5.41, 5.74) is -1.72. The van der Waals surface area contributed by atoms with Crippen molar-refractivity contribution in [2.45, 2.75) is 31.9 Å². The zero-order chi connectivity index (χ0) is 18.9. The number of nitrogens with zero attached hydrogens (tertiary/aromatic N) is 1. The number of alkyl halides is 3. The fourth-order valence-electron chi connectivity index (χ4n) is 3.36. The summed E-state index contributed by atoms with van der Waals surface area (Å²) in [4.78, 5) is 24.5. The maximum Gasteiger partial charge on any atom is 0.406 e. The molecule has 1 saturated heterocycles. The smallest absolute Gasteiger partial charge is 0.406 e. The van der Waals surface area contributed by atoms with E-state index in [2.05, 4.69) is 0 Å². The van der Waals surface area contributed by atoms with Crippen LogP contribution in [-0.2, 0) is 16.0 Å². The average Bonchev–Trinajstić information content (AvgIpc) is 3.20. The van der Waals surface area contributed by atoms with E-state index >= 15 is 0 Å². The molecule has 26 heavy (non-hydrogen) atoms. The first-order valence-corrected chi connectivity index (χ1v) is 9.15. The minimum atomic E-state index is -4.87. The molecule has 0 bridgehead atoms. The van der Waals surface area contributed by atoms with Crippen molar-refractivity contribution < 1.29 is 27.9 Å². The number of aliphatic carboxylic acids is 1. The Morgan fingerprint density at radius 1 is 1.27 bits per heavy atom. The van der Waals surface area contributed by atoms with Gasteiger partial charge < -0.3 is 10.0 Å². The molecule has 0 radical (unpaired) electrons. The molecule has 1 fully saturated rings. The highest BCUT2D eigenvalue weighted by atomic mass is 32.1. The van der Waals surface area contributed by atoms with Gasteiger partial charge in [0.05, 0.1) is 0 Å². The van der Waals surface area contributed by atoms with E-state index in [1.807, 2.05) is 29.6 Å². The van der Waals surface area contributed by atoms with E-state index in [1.165, 1.54) is 0 Å². The number of hydrogen-bond donors (Lipinski definition) is 1. The summed E-state index contributed by atoms with van der Waals surface area (Å²) in [6.07, 6.45) is -4.18. The summed E-state index contributed by atoms with van der Waals surface area (Å²) in [6, 6.07) is 7.92. The van der Waals surface area contributed by atoms with Crippen molar-refractivity contribution in [2.75, 3.05) is 13.1 Å². The van der Waals surface area contributed by atoms with Gasteiger partial charge in [-0.3, -0.25) is 9.59 Å². The Kier molecular flexibility index (Phi) is 4.96. The van der Waals surface area contributed by atoms with Gasteiger partial charge >= 0.3 is 12.1 Å². The van der Waals surface area contributed by atoms with Crippen LogP contribution in [0.1, 0.15) is 24.8 Å². The molecule has 1 unspecified atom stereocenters. The summed E-state index contributed by atoms with van der Waals surface area (Å²) < 4.78 is 40.7. The normalized spacial score (nSPS) is 20.7. The molecule has 0 saturated carbocycles. The van der Waals surface area contributed by atoms with E-state index in [0.717, 1.165) is 20.5 Å². The number of carbonyl (C=O) groups excluding carboxylic acids is 1. The van der Waals surface area contributed by atoms with Gasteiger partial charge in [0.15, 0.2) is 5.41 Å². The third-order valence-corrected chi connectivity index (χ3v) is 5.98. The molecule has 2 aromatic rings. The first-order valence-electron chi connectivity index (χ1n) is 8.27. The second-order valence-electron chi connectivity index (χ2n) is 6.56. The summed E-state index contributed by atoms with van der Waals surface area (Å²) in [5.74, 6) is -2.33. The Morgan fingerprint density at radius 3 is 2.65 bits per heavy atom. The molecule has 8 heteroatoms.